The van der Waals surface area contributed by atoms with E-state index in [9.17, 15) is 9.59 Å². The van der Waals surface area contributed by atoms with E-state index in [-0.39, 0.29) is 53.3 Å². The van der Waals surface area contributed by atoms with Crippen molar-refractivity contribution in [1.82, 2.24) is 39.4 Å². The Hall–Kier alpha value is -9.67. The number of hydrogen-bond donors (Lipinski definition) is 6. The van der Waals surface area contributed by atoms with Gasteiger partial charge >= 0.3 is 7.12 Å². The smallest absolute Gasteiger partial charge is 0.423 e. The molecule has 73 heavy (non-hydrogen) atoms. The van der Waals surface area contributed by atoms with Crippen molar-refractivity contribution in [2.75, 3.05) is 22.1 Å². The Morgan fingerprint density at radius 3 is 1.59 bits per heavy atom. The molecular weight excluding hydrogens is 951 g/mol. The van der Waals surface area contributed by atoms with Crippen LogP contribution in [0.1, 0.15) is 44.7 Å². The first-order valence-electron chi connectivity index (χ1n) is 21.7. The topological polar surface area (TPSA) is 273 Å². The first kappa shape index (κ1) is 51.2. The van der Waals surface area contributed by atoms with Gasteiger partial charge in [0, 0.05) is 46.2 Å². The van der Waals surface area contributed by atoms with Gasteiger partial charge in [0.05, 0.1) is 53.4 Å². The van der Waals surface area contributed by atoms with Gasteiger partial charge in [-0.05, 0) is 72.6 Å². The van der Waals surface area contributed by atoms with Crippen molar-refractivity contribution in [2.45, 2.75) is 33.4 Å². The largest absolute Gasteiger partial charge is 0.493 e. The number of aromatic nitrogens is 8. The van der Waals surface area contributed by atoms with Gasteiger partial charge in [-0.1, -0.05) is 96.1 Å². The number of nitrogen functional groups attached to an aromatic ring is 2. The maximum absolute atomic E-state index is 14.0. The van der Waals surface area contributed by atoms with Crippen LogP contribution in [0.5, 0.6) is 0 Å². The summed E-state index contributed by atoms with van der Waals surface area (Å²) in [5, 5.41) is 33.1. The number of para-hydroxylation sites is 2. The Labute approximate surface area is 422 Å². The zero-order valence-electron chi connectivity index (χ0n) is 38.1. The fraction of sp³-hybridized carbons (Fsp3) is 0.0980. The van der Waals surface area contributed by atoms with E-state index >= 15 is 0 Å². The molecule has 0 amide bonds. The van der Waals surface area contributed by atoms with Crippen molar-refractivity contribution in [3.8, 4) is 22.5 Å². The summed E-state index contributed by atoms with van der Waals surface area (Å²) >= 11 is 6.35. The number of pyridine rings is 2. The number of anilines is 4. The third-order valence-electron chi connectivity index (χ3n) is 11.0. The van der Waals surface area contributed by atoms with Crippen molar-refractivity contribution in [3.63, 3.8) is 0 Å². The van der Waals surface area contributed by atoms with Crippen molar-refractivity contribution in [2.24, 2.45) is 0 Å². The quantitative estimate of drug-likeness (QED) is 0.0554. The first-order chi connectivity index (χ1) is 34.9. The number of nitrogens with one attached hydrogen (secondary N) is 2. The lowest BCUT2D eigenvalue weighted by Gasteiger charge is -2.22. The molecule has 0 spiro atoms. The van der Waals surface area contributed by atoms with Gasteiger partial charge in [0.2, 0.25) is 23.3 Å². The Balaban J connectivity index is 0.000000184. The van der Waals surface area contributed by atoms with Crippen molar-refractivity contribution >= 4 is 80.6 Å². The molecule has 0 aliphatic rings. The van der Waals surface area contributed by atoms with Gasteiger partial charge in [0.1, 0.15) is 24.2 Å². The number of nitrogens with two attached hydrogens (primary N) is 2. The molecule has 0 aliphatic heterocycles. The molecule has 364 valence electrons. The highest BCUT2D eigenvalue weighted by Crippen LogP contribution is 2.33. The zero-order chi connectivity index (χ0) is 50.9. The predicted octanol–water partition coefficient (Wildman–Crippen LogP) is 8.47. The molecule has 10 rings (SSSR count). The minimum atomic E-state index is -1.47. The fourth-order valence-electron chi connectivity index (χ4n) is 7.68. The van der Waals surface area contributed by atoms with Crippen LogP contribution in [0.4, 0.5) is 34.9 Å². The van der Waals surface area contributed by atoms with E-state index in [0.717, 1.165) is 21.9 Å². The maximum atomic E-state index is 14.0. The Kier molecular flexibility index (Phi) is 16.0. The van der Waals surface area contributed by atoms with Crippen molar-refractivity contribution in [1.29, 1.82) is 0 Å². The molecule has 0 saturated heterocycles. The van der Waals surface area contributed by atoms with Gasteiger partial charge < -0.3 is 41.2 Å². The number of benzene rings is 4. The fourth-order valence-corrected chi connectivity index (χ4v) is 7.94. The second kappa shape index (κ2) is 22.8. The van der Waals surface area contributed by atoms with Crippen molar-refractivity contribution in [3.05, 3.63) is 206 Å². The average molecular weight is 995 g/mol. The Morgan fingerprint density at radius 1 is 0.658 bits per heavy atom. The number of nitrogens with zero attached hydrogens (tertiary/aromatic N) is 10. The van der Waals surface area contributed by atoms with Gasteiger partial charge in [-0.25, -0.2) is 29.6 Å². The van der Waals surface area contributed by atoms with Crippen LogP contribution in [0.25, 0.3) is 53.7 Å². The molecule has 0 bridgehead atoms. The summed E-state index contributed by atoms with van der Waals surface area (Å²) in [4.78, 5) is 50.4. The molecule has 10 aromatic rings. The SMILES string of the molecule is C.OB(O)c1cnoc1.[C-]#[N+]c1cnc(N)nc1N[C@@H](C)c1cc2cccc(-c3cnoc3)c2c(=O)n1-c1ccccc1.[C-]#[N+]c1cnc(N)nc1N[C@@H](C)c1cc2cccc(Cl)c2c(=O)n1-c1ccccc1. The van der Waals surface area contributed by atoms with Crippen LogP contribution in [0, 0.1) is 13.1 Å². The van der Waals surface area contributed by atoms with Gasteiger partial charge in [-0.2, -0.15) is 0 Å². The van der Waals surface area contributed by atoms with Gasteiger partial charge in [0.25, 0.3) is 11.1 Å². The number of hydrogen-bond acceptors (Lipinski definition) is 16. The monoisotopic (exact) mass is 994 g/mol. The van der Waals surface area contributed by atoms with Crippen LogP contribution in [0.2, 0.25) is 5.02 Å². The molecule has 22 heteroatoms. The van der Waals surface area contributed by atoms with E-state index in [1.54, 1.807) is 27.5 Å². The summed E-state index contributed by atoms with van der Waals surface area (Å²) in [7, 11) is -1.47. The van der Waals surface area contributed by atoms with Crippen LogP contribution in [-0.4, -0.2) is 56.5 Å². The van der Waals surface area contributed by atoms with Crippen molar-refractivity contribution < 1.29 is 19.1 Å². The van der Waals surface area contributed by atoms with E-state index in [1.165, 1.54) is 31.1 Å². The summed E-state index contributed by atoms with van der Waals surface area (Å²) in [5.41, 5.74) is 16.1. The lowest BCUT2D eigenvalue weighted by Crippen LogP contribution is -2.27. The number of fused-ring (bicyclic) bond motifs is 2. The molecule has 0 aliphatic carbocycles. The Morgan fingerprint density at radius 2 is 1.14 bits per heavy atom. The highest BCUT2D eigenvalue weighted by atomic mass is 35.5. The van der Waals surface area contributed by atoms with Gasteiger partial charge in [-0.3, -0.25) is 18.7 Å². The normalized spacial score (nSPS) is 11.3. The molecule has 0 fully saturated rings. The van der Waals surface area contributed by atoms with Gasteiger partial charge in [0.15, 0.2) is 0 Å². The minimum Gasteiger partial charge on any atom is -0.423 e. The highest BCUT2D eigenvalue weighted by Gasteiger charge is 2.22. The van der Waals surface area contributed by atoms with E-state index in [0.29, 0.717) is 50.2 Å². The molecule has 0 saturated carbocycles. The molecular formula is C51H44BClN14O6. The van der Waals surface area contributed by atoms with E-state index in [2.05, 4.69) is 55.1 Å². The van der Waals surface area contributed by atoms with E-state index in [1.807, 2.05) is 111 Å². The lowest BCUT2D eigenvalue weighted by atomic mass is 9.83. The highest BCUT2D eigenvalue weighted by molar-refractivity contribution is 6.58. The molecule has 4 aromatic carbocycles. The van der Waals surface area contributed by atoms with Crippen LogP contribution < -0.4 is 38.7 Å². The summed E-state index contributed by atoms with van der Waals surface area (Å²) in [6, 6.07) is 32.8. The molecule has 6 heterocycles. The van der Waals surface area contributed by atoms with Crippen LogP contribution in [0.3, 0.4) is 0 Å². The van der Waals surface area contributed by atoms with Crippen LogP contribution in [0.15, 0.2) is 165 Å². The zero-order valence-corrected chi connectivity index (χ0v) is 38.9. The molecule has 0 unspecified atom stereocenters. The minimum absolute atomic E-state index is 0. The standard InChI is InChI=1S/C25H19N7O2.C22H17ClN6O.C3H4BNO3.CH4/c1-15(30-23-20(27-2)13-28-25(26)31-23)21-11-16-7-6-10-19(17-12-29-34-14-17)22(16)24(33)32(21)18-8-4-3-5-9-18;1-13(27-20-17(25-2)12-26-22(24)28-20)18-11-14-7-6-10-16(23)19(14)21(30)29(18)15-8-4-3-5-9-15;6-4(7)3-1-5-8-2-3;/h3-15H,1H3,(H3,26,28,30,31);3-13H,1H3,(H3,24,26,27,28);1-2,6-7H;1H4/t15-;13-;;/m00../s1. The number of halogens is 1. The van der Waals surface area contributed by atoms with Gasteiger partial charge in [-0.15, -0.1) is 0 Å². The second-order valence-corrected chi connectivity index (χ2v) is 16.1. The van der Waals surface area contributed by atoms with E-state index in [4.69, 9.17) is 50.8 Å². The third-order valence-corrected chi connectivity index (χ3v) is 11.3. The average Bonchev–Trinajstić information content (AvgIpc) is 4.14. The summed E-state index contributed by atoms with van der Waals surface area (Å²) in [6.45, 7) is 18.5. The molecule has 2 atom stereocenters. The summed E-state index contributed by atoms with van der Waals surface area (Å²) < 4.78 is 12.6. The third kappa shape index (κ3) is 11.2. The second-order valence-electron chi connectivity index (χ2n) is 15.7. The summed E-state index contributed by atoms with van der Waals surface area (Å²) in [6.07, 6.45) is 8.26. The first-order valence-corrected chi connectivity index (χ1v) is 22.1. The van der Waals surface area contributed by atoms with E-state index < -0.39 is 13.2 Å². The molecule has 20 nitrogen and oxygen atoms in total. The van der Waals surface area contributed by atoms with Crippen LogP contribution in [-0.2, 0) is 0 Å². The predicted molar refractivity (Wildman–Crippen MR) is 282 cm³/mol. The maximum Gasteiger partial charge on any atom is 0.493 e. The molecule has 8 N–H and O–H groups in total. The number of rotatable bonds is 10. The Bertz CT molecular complexity index is 3730. The van der Waals surface area contributed by atoms with Crippen LogP contribution >= 0.6 is 11.6 Å². The lowest BCUT2D eigenvalue weighted by molar-refractivity contribution is 0.415. The molecule has 6 aromatic heterocycles. The molecule has 0 radical (unpaired) electrons. The summed E-state index contributed by atoms with van der Waals surface area (Å²) in [5.74, 6) is 0.728.